The Morgan fingerprint density at radius 3 is 0.935 bits per heavy atom. The molecule has 4 aromatic carbocycles. The van der Waals surface area contributed by atoms with Crippen molar-refractivity contribution >= 4 is 188 Å². The van der Waals surface area contributed by atoms with Crippen LogP contribution in [0.2, 0.25) is 0 Å². The van der Waals surface area contributed by atoms with Crippen LogP contribution in [0, 0.1) is 0 Å². The van der Waals surface area contributed by atoms with E-state index in [1.165, 1.54) is 5.69 Å². The quantitative estimate of drug-likeness (QED) is 0.0339. The highest BCUT2D eigenvalue weighted by Gasteiger charge is 2.42. The smallest absolute Gasteiger partial charge is 0.338 e. The lowest BCUT2D eigenvalue weighted by molar-refractivity contribution is -0.118. The zero-order valence-electron chi connectivity index (χ0n) is 78.4. The monoisotopic (exact) mass is 1860 g/mol. The summed E-state index contributed by atoms with van der Waals surface area (Å²) in [6.07, 6.45) is 12.8. The first-order valence-electron chi connectivity index (χ1n) is 47.9. The number of rotatable bonds is 21. The van der Waals surface area contributed by atoms with Crippen molar-refractivity contribution in [3.05, 3.63) is 191 Å². The number of hydrogen-bond acceptors (Lipinski definition) is 27. The number of carboxylic acid groups (broad SMARTS) is 1. The van der Waals surface area contributed by atoms with E-state index in [1.807, 2.05) is 124 Å². The SMILES string of the molecule is C.CCNC(=O)c1ccc(N2CCN(Cc3cnc4c(c3)NC(=O)[C@@H]3CCCN43)CC2)cc1.CCOC(=O)c1ccc(N2CCN(Cc3cnc4c(c3)NC(=O)[C@@H]3CCCN43)CC2)cc1.CCOC(=O)c1ccc(N2CCNCC2)cc1.O=C(O)c1ccc(N2CCN(Cc3cnc4c(c3)NC(=O)[C@@H]3CCCN43)CC2)cc1.O=C1Nc2cc(CO)cnc2N2CCC[C@@H]12.[B]B([B])B(B([B])[B])B([B])[B]. The van der Waals surface area contributed by atoms with Gasteiger partial charge >= 0.3 is 17.9 Å². The molecule has 706 valence electrons. The maximum atomic E-state index is 12.4. The molecule has 8 fully saturated rings. The minimum Gasteiger partial charge on any atom is -0.478 e. The van der Waals surface area contributed by atoms with Crippen LogP contribution in [0.5, 0.6) is 0 Å². The van der Waals surface area contributed by atoms with Gasteiger partial charge in [0.1, 0.15) is 24.2 Å². The summed E-state index contributed by atoms with van der Waals surface area (Å²) in [6.45, 7) is 28.1. The number of amides is 5. The number of carbonyl (C=O) groups is 8. The fraction of sp³-hybridized carbons (Fsp3) is 0.453. The van der Waals surface area contributed by atoms with E-state index in [-0.39, 0.29) is 79.7 Å². The van der Waals surface area contributed by atoms with Gasteiger partial charge in [-0.2, -0.15) is 0 Å². The van der Waals surface area contributed by atoms with Crippen LogP contribution in [0.15, 0.2) is 146 Å². The molecule has 4 atom stereocenters. The van der Waals surface area contributed by atoms with Crippen molar-refractivity contribution in [1.29, 1.82) is 0 Å². The molecule has 12 aliphatic rings. The van der Waals surface area contributed by atoms with Crippen molar-refractivity contribution in [3.63, 3.8) is 0 Å². The predicted molar refractivity (Wildman–Crippen MR) is 553 cm³/mol. The van der Waals surface area contributed by atoms with Crippen molar-refractivity contribution in [3.8, 4) is 0 Å². The summed E-state index contributed by atoms with van der Waals surface area (Å²) in [6, 6.07) is 38.0. The summed E-state index contributed by atoms with van der Waals surface area (Å²) in [4.78, 5) is 139. The van der Waals surface area contributed by atoms with Crippen LogP contribution in [0.1, 0.15) is 143 Å². The van der Waals surface area contributed by atoms with E-state index in [4.69, 9.17) is 76.1 Å². The Hall–Kier alpha value is -11.9. The van der Waals surface area contributed by atoms with E-state index in [0.717, 1.165) is 287 Å². The van der Waals surface area contributed by atoms with Gasteiger partial charge in [0.05, 0.1) is 59.3 Å². The van der Waals surface area contributed by atoms with Gasteiger partial charge in [-0.3, -0.25) is 38.7 Å². The number of aliphatic hydroxyl groups is 1. The molecule has 8 saturated heterocycles. The standard InChI is InChI=1S/C24H30N6O2.C24H29N5O3.C22H25N5O3.C13H18N2O2.C11H13N3O2.CH4.B10/c1-2-25-23(31)18-5-7-19(8-6-18)29-12-10-28(11-13-29)16-17-14-20-22(26-15-17)30-9-3-4-21(30)24(32)27-20;1-2-32-24(31)18-5-7-19(8-6-18)28-12-10-27(11-13-28)16-17-14-20-22(25-15-17)29-9-3-4-21(29)23(30)26-20;28-21-19-2-1-7-27(19)20-18(24-21)12-15(13-23-20)14-25-8-10-26(11-9-25)17-5-3-16(4-6-17)22(29)30;1-2-17-13(16)11-3-5-12(6-4-11)15-9-7-14-8-10-15;15-6-7-4-8-10(12-5-7)14-3-1-2-9(14)11(16)13-8;;1-7(2)10(8(3)4)9(5)6/h5-8,14-15,21H,2-4,9-13,16H2,1H3,(H,25,31)(H,27,32);5-8,14-15,21H,2-4,9-13,16H2,1H3,(H,26,30);3-6,12-13,19H,1-2,7-11,14H2,(H,24,28)(H,29,30);3-6,14H,2,7-10H2,1H3;4-5,9,15H,1-3,6H2,(H,13,16);1H4;/t2*21-;19-;;9-;;/m000.0../s1. The molecule has 0 saturated carbocycles. The molecule has 43 heteroatoms. The van der Waals surface area contributed by atoms with Gasteiger partial charge in [-0.15, -0.1) is 0 Å². The summed E-state index contributed by atoms with van der Waals surface area (Å²) in [5, 5.41) is 36.2. The van der Waals surface area contributed by atoms with Gasteiger partial charge in [0, 0.05) is 282 Å². The average Bonchev–Trinajstić information content (AvgIpc) is 1.63. The van der Waals surface area contributed by atoms with Crippen LogP contribution >= 0.6 is 0 Å². The molecule has 0 spiro atoms. The molecule has 8 N–H and O–H groups in total. The van der Waals surface area contributed by atoms with E-state index in [2.05, 4.69) is 114 Å². The third-order valence-corrected chi connectivity index (χ3v) is 26.8. The van der Waals surface area contributed by atoms with Gasteiger partial charge in [0.25, 0.3) is 5.91 Å². The third kappa shape index (κ3) is 25.2. The van der Waals surface area contributed by atoms with Crippen molar-refractivity contribution in [2.24, 2.45) is 0 Å². The van der Waals surface area contributed by atoms with Gasteiger partial charge in [-0.1, -0.05) is 7.43 Å². The Morgan fingerprint density at radius 1 is 0.391 bits per heavy atom. The topological polar surface area (TPSA) is 355 Å². The Bertz CT molecular complexity index is 5330. The second kappa shape index (κ2) is 48.1. The molecule has 5 amide bonds. The number of aromatic nitrogens is 4. The maximum Gasteiger partial charge on any atom is 0.338 e. The van der Waals surface area contributed by atoms with E-state index in [9.17, 15) is 38.4 Å². The van der Waals surface area contributed by atoms with Crippen LogP contribution in [-0.4, -0.2) is 339 Å². The molecule has 0 unspecified atom stereocenters. The molecule has 0 aliphatic carbocycles. The zero-order chi connectivity index (χ0) is 96.3. The molecule has 12 radical (unpaired) electrons. The molecule has 8 aromatic rings. The summed E-state index contributed by atoms with van der Waals surface area (Å²) < 4.78 is 10.0. The number of aliphatic hydroxyl groups excluding tert-OH is 1. The van der Waals surface area contributed by atoms with Crippen LogP contribution in [-0.2, 0) is 54.9 Å². The van der Waals surface area contributed by atoms with E-state index in [1.54, 1.807) is 24.4 Å². The largest absolute Gasteiger partial charge is 0.478 e. The number of pyridine rings is 4. The van der Waals surface area contributed by atoms with Crippen molar-refractivity contribution < 1.29 is 58.0 Å². The highest BCUT2D eigenvalue weighted by Crippen LogP contribution is 2.41. The summed E-state index contributed by atoms with van der Waals surface area (Å²) in [5.74, 6) is 2.41. The minimum absolute atomic E-state index is 0. The lowest BCUT2D eigenvalue weighted by Gasteiger charge is -2.36. The van der Waals surface area contributed by atoms with Crippen LogP contribution in [0.4, 0.5) is 68.8 Å². The number of carboxylic acids is 1. The number of anilines is 12. The van der Waals surface area contributed by atoms with Crippen molar-refractivity contribution in [1.82, 2.24) is 45.3 Å². The normalized spacial score (nSPS) is 19.3. The number of nitrogens with zero attached hydrogens (tertiary/aromatic N) is 15. The Balaban J connectivity index is 0.000000137. The minimum atomic E-state index is -0.901. The van der Waals surface area contributed by atoms with Crippen LogP contribution < -0.4 is 71.1 Å². The summed E-state index contributed by atoms with van der Waals surface area (Å²) in [7, 11) is 31.8. The average molecular weight is 1860 g/mol. The number of nitrogens with one attached hydrogen (secondary N) is 6. The lowest BCUT2D eigenvalue weighted by atomic mass is 8.58. The van der Waals surface area contributed by atoms with Gasteiger partial charge in [0.15, 0.2) is 23.3 Å². The molecule has 16 heterocycles. The Morgan fingerprint density at radius 2 is 0.667 bits per heavy atom. The Labute approximate surface area is 818 Å². The number of fused-ring (bicyclic) bond motifs is 12. The van der Waals surface area contributed by atoms with E-state index < -0.39 is 31.5 Å². The maximum absolute atomic E-state index is 12.4. The molecule has 33 nitrogen and oxygen atoms in total. The second-order valence-electron chi connectivity index (χ2n) is 36.0. The highest BCUT2D eigenvalue weighted by molar-refractivity contribution is 8.00. The summed E-state index contributed by atoms with van der Waals surface area (Å²) in [5.41, 5.74) is 14.0. The lowest BCUT2D eigenvalue weighted by Crippen LogP contribution is -2.62. The van der Waals surface area contributed by atoms with Gasteiger partial charge < -0.3 is 90.8 Å². The number of carbonyl (C=O) groups excluding carboxylic acids is 7. The first kappa shape index (κ1) is 102. The van der Waals surface area contributed by atoms with Crippen LogP contribution in [0.3, 0.4) is 0 Å². The number of esters is 2. The number of benzene rings is 4. The molecular formula is C95H119B10N21O12. The number of ether oxygens (including phenoxy) is 2. The molecule has 12 aliphatic heterocycles. The van der Waals surface area contributed by atoms with Gasteiger partial charge in [-0.25, -0.2) is 34.3 Å². The molecule has 4 aromatic heterocycles. The first-order chi connectivity index (χ1) is 66.4. The number of piperazine rings is 4. The molecule has 0 bridgehead atoms. The molecule has 138 heavy (non-hydrogen) atoms. The van der Waals surface area contributed by atoms with E-state index in [0.29, 0.717) is 42.0 Å². The predicted octanol–water partition coefficient (Wildman–Crippen LogP) is 5.19. The fourth-order valence-corrected chi connectivity index (χ4v) is 19.6. The van der Waals surface area contributed by atoms with Crippen molar-refractivity contribution in [2.75, 3.05) is 211 Å². The zero-order valence-corrected chi connectivity index (χ0v) is 78.4. The first-order valence-corrected chi connectivity index (χ1v) is 47.9. The third-order valence-electron chi connectivity index (χ3n) is 26.8. The molecular weight excluding hydrogens is 1740 g/mol. The van der Waals surface area contributed by atoms with Crippen molar-refractivity contribution in [2.45, 2.75) is 130 Å². The number of aromatic carboxylic acids is 1. The molecule has 20 rings (SSSR count). The number of hydrogen-bond donors (Lipinski definition) is 8. The van der Waals surface area contributed by atoms with Gasteiger partial charge in [-0.05, 0) is 216 Å². The fourth-order valence-electron chi connectivity index (χ4n) is 19.6. The second-order valence-corrected chi connectivity index (χ2v) is 36.0. The Kier molecular flexibility index (Phi) is 35.6. The summed E-state index contributed by atoms with van der Waals surface area (Å²) >= 11 is 0. The van der Waals surface area contributed by atoms with Gasteiger partial charge in [0.2, 0.25) is 23.6 Å². The van der Waals surface area contributed by atoms with E-state index >= 15 is 0 Å². The van der Waals surface area contributed by atoms with Crippen LogP contribution in [0.25, 0.3) is 0 Å². The highest BCUT2D eigenvalue weighted by atomic mass is 16.5.